The number of rotatable bonds is 38. The molecule has 378 valence electrons. The van der Waals surface area contributed by atoms with Crippen molar-refractivity contribution in [2.24, 2.45) is 0 Å². The van der Waals surface area contributed by atoms with Gasteiger partial charge in [0.15, 0.2) is 12.6 Å². The average Bonchev–Trinajstić information content (AvgIpc) is 3.30. The molecule has 0 bridgehead atoms. The molecule has 12 atom stereocenters. The molecular weight excluding hydrogens is 835 g/mol. The number of amides is 1. The van der Waals surface area contributed by atoms with Crippen LogP contribution in [-0.2, 0) is 23.7 Å². The average molecular weight is 926 g/mol. The summed E-state index contributed by atoms with van der Waals surface area (Å²) in [6.07, 6.45) is 27.1. The van der Waals surface area contributed by atoms with E-state index in [4.69, 9.17) is 18.9 Å². The summed E-state index contributed by atoms with van der Waals surface area (Å²) in [5.41, 5.74) is 0. The topological polar surface area (TPSA) is 228 Å². The van der Waals surface area contributed by atoms with Gasteiger partial charge < -0.3 is 65.1 Å². The fraction of sp³-hybridized carbons (Fsp3) is 0.824. The molecule has 2 rings (SSSR count). The smallest absolute Gasteiger partial charge is 0.220 e. The maximum absolute atomic E-state index is 13.2. The Morgan fingerprint density at radius 3 is 1.63 bits per heavy atom. The lowest BCUT2D eigenvalue weighted by Crippen LogP contribution is -2.65. The first kappa shape index (κ1) is 59.1. The van der Waals surface area contributed by atoms with Crippen molar-refractivity contribution in [1.82, 2.24) is 5.32 Å². The Bertz CT molecular complexity index is 1280. The lowest BCUT2D eigenvalue weighted by molar-refractivity contribution is -0.359. The summed E-state index contributed by atoms with van der Waals surface area (Å²) in [7, 11) is 0. The normalized spacial score (nSPS) is 27.4. The lowest BCUT2D eigenvalue weighted by Gasteiger charge is -2.46. The van der Waals surface area contributed by atoms with E-state index in [0.29, 0.717) is 6.42 Å². The van der Waals surface area contributed by atoms with Crippen molar-refractivity contribution in [3.63, 3.8) is 0 Å². The van der Waals surface area contributed by atoms with Crippen molar-refractivity contribution >= 4 is 5.91 Å². The highest BCUT2D eigenvalue weighted by molar-refractivity contribution is 5.76. The fourth-order valence-corrected chi connectivity index (χ4v) is 8.13. The largest absolute Gasteiger partial charge is 0.394 e. The third-order valence-corrected chi connectivity index (χ3v) is 12.3. The van der Waals surface area contributed by atoms with Crippen LogP contribution in [-0.4, -0.2) is 140 Å². The first-order valence-electron chi connectivity index (χ1n) is 25.4. The van der Waals surface area contributed by atoms with Gasteiger partial charge >= 0.3 is 0 Å². The summed E-state index contributed by atoms with van der Waals surface area (Å²) in [4.78, 5) is 13.2. The lowest BCUT2D eigenvalue weighted by atomic mass is 9.97. The molecule has 1 amide bonds. The van der Waals surface area contributed by atoms with Gasteiger partial charge in [-0.1, -0.05) is 165 Å². The molecule has 12 unspecified atom stereocenters. The van der Waals surface area contributed by atoms with Gasteiger partial charge in [-0.25, -0.2) is 0 Å². The Labute approximate surface area is 391 Å². The van der Waals surface area contributed by atoms with Crippen LogP contribution in [0.4, 0.5) is 0 Å². The van der Waals surface area contributed by atoms with Crippen LogP contribution >= 0.6 is 0 Å². The number of ether oxygens (including phenoxy) is 4. The predicted molar refractivity (Wildman–Crippen MR) is 254 cm³/mol. The zero-order chi connectivity index (χ0) is 47.5. The van der Waals surface area contributed by atoms with Crippen molar-refractivity contribution < 1.29 is 64.6 Å². The van der Waals surface area contributed by atoms with Gasteiger partial charge in [0.1, 0.15) is 48.8 Å². The Balaban J connectivity index is 1.86. The van der Waals surface area contributed by atoms with E-state index in [1.165, 1.54) is 77.0 Å². The summed E-state index contributed by atoms with van der Waals surface area (Å²) in [5, 5.41) is 86.7. The van der Waals surface area contributed by atoms with Gasteiger partial charge in [-0.3, -0.25) is 4.79 Å². The number of carbonyl (C=O) groups is 1. The highest BCUT2D eigenvalue weighted by Gasteiger charge is 2.51. The van der Waals surface area contributed by atoms with Crippen molar-refractivity contribution in [1.29, 1.82) is 0 Å². The number of hydrogen-bond acceptors (Lipinski definition) is 13. The monoisotopic (exact) mass is 926 g/mol. The summed E-state index contributed by atoms with van der Waals surface area (Å²) in [6.45, 7) is 2.65. The molecule has 2 saturated heterocycles. The first-order chi connectivity index (χ1) is 31.6. The van der Waals surface area contributed by atoms with Gasteiger partial charge in [-0.15, -0.1) is 0 Å². The summed E-state index contributed by atoms with van der Waals surface area (Å²) >= 11 is 0. The van der Waals surface area contributed by atoms with E-state index in [0.717, 1.165) is 70.6 Å². The number of aliphatic hydroxyl groups is 8. The molecule has 0 radical (unpaired) electrons. The minimum atomic E-state index is -1.79. The second-order valence-electron chi connectivity index (χ2n) is 17.9. The Morgan fingerprint density at radius 2 is 1.06 bits per heavy atom. The standard InChI is InChI=1S/C51H91NO13/c1-3-5-7-9-11-13-15-17-19-20-21-23-25-27-29-31-33-35-43(56)52-39(40(55)34-32-30-28-26-24-22-18-16-14-12-10-8-6-4-2)38-62-50-48(61)46(59)49(42(37-54)64-50)65-51-47(60)45(58)44(57)41(36-53)63-51/h5,7,11,13,17,19,32,34,39-42,44-51,53-55,57-61H,3-4,6,8-10,12,14-16,18,20-31,33,35-38H2,1-2H3,(H,52,56)/b7-5-,13-11-,19-17-,34-32+. The Kier molecular flexibility index (Phi) is 34.4. The molecule has 0 aliphatic carbocycles. The van der Waals surface area contributed by atoms with Crippen LogP contribution in [0.25, 0.3) is 0 Å². The van der Waals surface area contributed by atoms with Crippen LogP contribution < -0.4 is 5.32 Å². The summed E-state index contributed by atoms with van der Waals surface area (Å²) in [5.74, 6) is -0.252. The quantitative estimate of drug-likeness (QED) is 0.0239. The van der Waals surface area contributed by atoms with Gasteiger partial charge in [-0.2, -0.15) is 0 Å². The molecular formula is C51H91NO13. The fourth-order valence-electron chi connectivity index (χ4n) is 8.13. The molecule has 0 spiro atoms. The highest BCUT2D eigenvalue weighted by atomic mass is 16.7. The van der Waals surface area contributed by atoms with Gasteiger partial charge in [0, 0.05) is 6.42 Å². The zero-order valence-corrected chi connectivity index (χ0v) is 40.0. The predicted octanol–water partition coefficient (Wildman–Crippen LogP) is 6.49. The number of carbonyl (C=O) groups excluding carboxylic acids is 1. The summed E-state index contributed by atoms with van der Waals surface area (Å²) in [6, 6.07) is -0.919. The number of hydrogen-bond donors (Lipinski definition) is 9. The van der Waals surface area contributed by atoms with Crippen LogP contribution in [0, 0.1) is 0 Å². The Hall–Kier alpha value is -2.05. The maximum Gasteiger partial charge on any atom is 0.220 e. The third kappa shape index (κ3) is 25.2. The SMILES string of the molecule is CC/C=C\C/C=C\C/C=C\CCCCCCCCCC(=O)NC(COC1OC(CO)C(OC2OC(CO)C(O)C(O)C2O)C(O)C1O)C(O)/C=C/CCCCCCCCCCCCCC. The third-order valence-electron chi connectivity index (χ3n) is 12.3. The van der Waals surface area contributed by atoms with E-state index in [9.17, 15) is 45.6 Å². The minimum absolute atomic E-state index is 0.252. The molecule has 65 heavy (non-hydrogen) atoms. The van der Waals surface area contributed by atoms with Gasteiger partial charge in [-0.05, 0) is 51.4 Å². The molecule has 0 aromatic rings. The van der Waals surface area contributed by atoms with Crippen LogP contribution in [0.3, 0.4) is 0 Å². The maximum atomic E-state index is 13.2. The van der Waals surface area contributed by atoms with E-state index < -0.39 is 86.8 Å². The second-order valence-corrected chi connectivity index (χ2v) is 17.9. The van der Waals surface area contributed by atoms with E-state index in [2.05, 4.69) is 55.6 Å². The number of nitrogens with one attached hydrogen (secondary N) is 1. The van der Waals surface area contributed by atoms with Crippen LogP contribution in [0.2, 0.25) is 0 Å². The molecule has 14 nitrogen and oxygen atoms in total. The zero-order valence-electron chi connectivity index (χ0n) is 40.0. The van der Waals surface area contributed by atoms with Crippen molar-refractivity contribution in [3.8, 4) is 0 Å². The number of allylic oxidation sites excluding steroid dienone is 7. The molecule has 0 aromatic heterocycles. The van der Waals surface area contributed by atoms with Gasteiger partial charge in [0.05, 0.1) is 32.0 Å². The van der Waals surface area contributed by atoms with Crippen molar-refractivity contribution in [2.45, 2.75) is 248 Å². The van der Waals surface area contributed by atoms with Crippen molar-refractivity contribution in [3.05, 3.63) is 48.6 Å². The van der Waals surface area contributed by atoms with E-state index >= 15 is 0 Å². The molecule has 2 heterocycles. The van der Waals surface area contributed by atoms with E-state index in [-0.39, 0.29) is 18.9 Å². The second kappa shape index (κ2) is 37.9. The molecule has 0 saturated carbocycles. The molecule has 14 heteroatoms. The van der Waals surface area contributed by atoms with E-state index in [1.807, 2.05) is 6.08 Å². The molecule has 2 fully saturated rings. The van der Waals surface area contributed by atoms with Crippen LogP contribution in [0.1, 0.15) is 174 Å². The van der Waals surface area contributed by atoms with Gasteiger partial charge in [0.2, 0.25) is 5.91 Å². The van der Waals surface area contributed by atoms with Crippen molar-refractivity contribution in [2.75, 3.05) is 19.8 Å². The number of unbranched alkanes of at least 4 members (excludes halogenated alkanes) is 19. The molecule has 2 aliphatic heterocycles. The first-order valence-corrected chi connectivity index (χ1v) is 25.4. The molecule has 2 aliphatic rings. The molecule has 0 aromatic carbocycles. The summed E-state index contributed by atoms with van der Waals surface area (Å²) < 4.78 is 22.7. The minimum Gasteiger partial charge on any atom is -0.394 e. The highest BCUT2D eigenvalue weighted by Crippen LogP contribution is 2.30. The number of aliphatic hydroxyl groups excluding tert-OH is 8. The molecule has 9 N–H and O–H groups in total. The van der Waals surface area contributed by atoms with E-state index in [1.54, 1.807) is 6.08 Å². The Morgan fingerprint density at radius 1 is 0.569 bits per heavy atom. The van der Waals surface area contributed by atoms with Gasteiger partial charge in [0.25, 0.3) is 0 Å². The van der Waals surface area contributed by atoms with Crippen LogP contribution in [0.5, 0.6) is 0 Å². The van der Waals surface area contributed by atoms with Crippen LogP contribution in [0.15, 0.2) is 48.6 Å².